The third-order valence-electron chi connectivity index (χ3n) is 3.09. The molecule has 2 aromatic rings. The second kappa shape index (κ2) is 7.24. The maximum atomic E-state index is 11.0. The number of carboxylic acid groups (broad SMARTS) is 1. The van der Waals surface area contributed by atoms with Gasteiger partial charge in [-0.3, -0.25) is 0 Å². The van der Waals surface area contributed by atoms with Gasteiger partial charge in [0.15, 0.2) is 0 Å². The number of ether oxygens (including phenoxy) is 1. The minimum atomic E-state index is -1.24. The Bertz CT molecular complexity index is 665. The van der Waals surface area contributed by atoms with Gasteiger partial charge in [-0.25, -0.2) is 9.78 Å². The lowest BCUT2D eigenvalue weighted by atomic mass is 9.99. The van der Waals surface area contributed by atoms with E-state index in [0.29, 0.717) is 21.6 Å². The van der Waals surface area contributed by atoms with Gasteiger partial charge >= 0.3 is 6.09 Å². The van der Waals surface area contributed by atoms with Crippen LogP contribution in [0, 0.1) is 0 Å². The van der Waals surface area contributed by atoms with Gasteiger partial charge in [-0.15, -0.1) is 0 Å². The summed E-state index contributed by atoms with van der Waals surface area (Å²) in [4.78, 5) is 15.3. The summed E-state index contributed by atoms with van der Waals surface area (Å²) in [5.74, 6) is 0.577. The molecule has 0 bridgehead atoms. The van der Waals surface area contributed by atoms with Crippen LogP contribution >= 0.6 is 15.9 Å². The summed E-state index contributed by atoms with van der Waals surface area (Å²) < 4.78 is 5.68. The van der Waals surface area contributed by atoms with Gasteiger partial charge < -0.3 is 20.3 Å². The van der Waals surface area contributed by atoms with Crippen molar-refractivity contribution in [1.29, 1.82) is 0 Å². The summed E-state index contributed by atoms with van der Waals surface area (Å²) >= 11 is 3.24. The molecular formula is C15H15BrN2O4. The molecule has 1 aromatic carbocycles. The Morgan fingerprint density at radius 1 is 1.32 bits per heavy atom. The molecule has 22 heavy (non-hydrogen) atoms. The summed E-state index contributed by atoms with van der Waals surface area (Å²) in [5.41, 5.74) is 0.937. The molecule has 2 rings (SSSR count). The molecule has 116 valence electrons. The highest BCUT2D eigenvalue weighted by Crippen LogP contribution is 2.30. The van der Waals surface area contributed by atoms with E-state index in [2.05, 4.69) is 26.2 Å². The van der Waals surface area contributed by atoms with Crippen molar-refractivity contribution in [3.8, 4) is 5.75 Å². The molecule has 0 aliphatic heterocycles. The number of methoxy groups -OCH3 is 1. The van der Waals surface area contributed by atoms with Gasteiger partial charge in [0.05, 0.1) is 12.8 Å². The van der Waals surface area contributed by atoms with Gasteiger partial charge in [-0.05, 0) is 45.8 Å². The maximum absolute atomic E-state index is 11.0. The van der Waals surface area contributed by atoms with Crippen molar-refractivity contribution in [3.63, 3.8) is 0 Å². The third kappa shape index (κ3) is 3.96. The number of aliphatic hydroxyl groups is 1. The normalized spacial score (nSPS) is 13.2. The van der Waals surface area contributed by atoms with E-state index < -0.39 is 18.2 Å². The molecule has 3 N–H and O–H groups in total. The van der Waals surface area contributed by atoms with Gasteiger partial charge in [0.2, 0.25) is 0 Å². The van der Waals surface area contributed by atoms with Crippen LogP contribution in [-0.4, -0.2) is 28.4 Å². The number of aliphatic hydroxyl groups excluding tert-OH is 1. The van der Waals surface area contributed by atoms with E-state index in [1.807, 2.05) is 0 Å². The summed E-state index contributed by atoms with van der Waals surface area (Å²) in [6, 6.07) is 11.0. The molecule has 0 unspecified atom stereocenters. The number of carbonyl (C=O) groups is 1. The van der Waals surface area contributed by atoms with Crippen molar-refractivity contribution in [2.45, 2.75) is 12.1 Å². The molecule has 7 heteroatoms. The van der Waals surface area contributed by atoms with Crippen LogP contribution in [0.2, 0.25) is 0 Å². The minimum Gasteiger partial charge on any atom is -0.497 e. The molecule has 1 amide bonds. The summed E-state index contributed by atoms with van der Waals surface area (Å²) in [5, 5.41) is 21.9. The zero-order valence-corrected chi connectivity index (χ0v) is 13.3. The molecule has 0 radical (unpaired) electrons. The largest absolute Gasteiger partial charge is 0.497 e. The van der Waals surface area contributed by atoms with Crippen LogP contribution in [0.4, 0.5) is 4.79 Å². The van der Waals surface area contributed by atoms with E-state index in [9.17, 15) is 9.90 Å². The average Bonchev–Trinajstić information content (AvgIpc) is 2.52. The van der Waals surface area contributed by atoms with E-state index in [4.69, 9.17) is 9.84 Å². The van der Waals surface area contributed by atoms with Crippen LogP contribution in [-0.2, 0) is 0 Å². The fraction of sp³-hybridized carbons (Fsp3) is 0.200. The second-order valence-corrected chi connectivity index (χ2v) is 5.35. The van der Waals surface area contributed by atoms with Crippen LogP contribution in [0.3, 0.4) is 0 Å². The average molecular weight is 367 g/mol. The quantitative estimate of drug-likeness (QED) is 0.707. The van der Waals surface area contributed by atoms with Gasteiger partial charge in [-0.2, -0.15) is 0 Å². The molecule has 0 spiro atoms. The van der Waals surface area contributed by atoms with E-state index in [1.54, 1.807) is 42.5 Å². The Morgan fingerprint density at radius 2 is 2.05 bits per heavy atom. The van der Waals surface area contributed by atoms with Crippen LogP contribution in [0.25, 0.3) is 0 Å². The number of benzene rings is 1. The van der Waals surface area contributed by atoms with Crippen molar-refractivity contribution in [3.05, 3.63) is 58.3 Å². The van der Waals surface area contributed by atoms with Crippen LogP contribution in [0.5, 0.6) is 5.75 Å². The van der Waals surface area contributed by atoms with Crippen LogP contribution < -0.4 is 10.1 Å². The van der Waals surface area contributed by atoms with Gasteiger partial charge in [-0.1, -0.05) is 18.2 Å². The maximum Gasteiger partial charge on any atom is 0.405 e. The Balaban J connectivity index is 2.37. The van der Waals surface area contributed by atoms with Crippen molar-refractivity contribution < 1.29 is 19.7 Å². The number of nitrogens with one attached hydrogen (secondary N) is 1. The highest BCUT2D eigenvalue weighted by molar-refractivity contribution is 9.10. The predicted molar refractivity (Wildman–Crippen MR) is 83.8 cm³/mol. The molecule has 0 aliphatic carbocycles. The van der Waals surface area contributed by atoms with Crippen molar-refractivity contribution in [2.75, 3.05) is 7.11 Å². The summed E-state index contributed by atoms with van der Waals surface area (Å²) in [7, 11) is 1.52. The number of pyridine rings is 1. The zero-order chi connectivity index (χ0) is 16.1. The Labute approximate surface area is 135 Å². The smallest absolute Gasteiger partial charge is 0.405 e. The minimum absolute atomic E-state index is 0.409. The van der Waals surface area contributed by atoms with E-state index in [-0.39, 0.29) is 0 Å². The standard InChI is InChI=1S/C15H15BrN2O4/c1-22-10-5-2-4-9(8-10)14(19)13(18-15(20)21)11-6-3-7-12(16)17-11/h2-8,13-14,18-19H,1H3,(H,20,21)/t13-,14-/m1/s1. The number of aromatic nitrogens is 1. The number of rotatable bonds is 5. The first-order chi connectivity index (χ1) is 10.5. The Morgan fingerprint density at radius 3 is 2.68 bits per heavy atom. The molecule has 1 aromatic heterocycles. The number of hydrogen-bond donors (Lipinski definition) is 3. The Kier molecular flexibility index (Phi) is 5.35. The van der Waals surface area contributed by atoms with E-state index >= 15 is 0 Å². The molecule has 0 fully saturated rings. The molecule has 1 heterocycles. The monoisotopic (exact) mass is 366 g/mol. The molecule has 0 saturated heterocycles. The summed E-state index contributed by atoms with van der Waals surface area (Å²) in [6.07, 6.45) is -2.35. The fourth-order valence-corrected chi connectivity index (χ4v) is 2.42. The molecule has 2 atom stereocenters. The topological polar surface area (TPSA) is 91.7 Å². The Hall–Kier alpha value is -2.12. The van der Waals surface area contributed by atoms with Crippen molar-refractivity contribution in [1.82, 2.24) is 10.3 Å². The molecule has 0 aliphatic rings. The summed E-state index contributed by atoms with van der Waals surface area (Å²) in [6.45, 7) is 0. The van der Waals surface area contributed by atoms with Crippen LogP contribution in [0.15, 0.2) is 47.1 Å². The number of amides is 1. The van der Waals surface area contributed by atoms with Gasteiger partial charge in [0, 0.05) is 0 Å². The third-order valence-corrected chi connectivity index (χ3v) is 3.53. The predicted octanol–water partition coefficient (Wildman–Crippen LogP) is 2.90. The highest BCUT2D eigenvalue weighted by Gasteiger charge is 2.26. The zero-order valence-electron chi connectivity index (χ0n) is 11.7. The first-order valence-electron chi connectivity index (χ1n) is 6.45. The fourth-order valence-electron chi connectivity index (χ4n) is 2.06. The van der Waals surface area contributed by atoms with E-state index in [0.717, 1.165) is 0 Å². The number of nitrogens with zero attached hydrogens (tertiary/aromatic N) is 1. The molecular weight excluding hydrogens is 352 g/mol. The van der Waals surface area contributed by atoms with Crippen LogP contribution in [0.1, 0.15) is 23.4 Å². The molecule has 0 saturated carbocycles. The first kappa shape index (κ1) is 16.3. The number of hydrogen-bond acceptors (Lipinski definition) is 4. The van der Waals surface area contributed by atoms with E-state index in [1.165, 1.54) is 7.11 Å². The first-order valence-corrected chi connectivity index (χ1v) is 7.24. The lowest BCUT2D eigenvalue weighted by molar-refractivity contribution is 0.118. The van der Waals surface area contributed by atoms with Crippen molar-refractivity contribution in [2.24, 2.45) is 0 Å². The molecule has 6 nitrogen and oxygen atoms in total. The SMILES string of the molecule is COc1cccc([C@@H](O)[C@H](NC(=O)O)c2cccc(Br)n2)c1. The van der Waals surface area contributed by atoms with Gasteiger partial charge in [0.1, 0.15) is 22.5 Å². The lowest BCUT2D eigenvalue weighted by Gasteiger charge is -2.23. The van der Waals surface area contributed by atoms with Gasteiger partial charge in [0.25, 0.3) is 0 Å². The number of halogens is 1. The van der Waals surface area contributed by atoms with Crippen molar-refractivity contribution >= 4 is 22.0 Å². The lowest BCUT2D eigenvalue weighted by Crippen LogP contribution is -2.32. The second-order valence-electron chi connectivity index (χ2n) is 4.53. The highest BCUT2D eigenvalue weighted by atomic mass is 79.9.